The Morgan fingerprint density at radius 2 is 1.41 bits per heavy atom. The number of carbonyl (C=O) groups is 1. The molecule has 0 unspecified atom stereocenters. The Kier molecular flexibility index (Phi) is 7.57. The Labute approximate surface area is 191 Å². The van der Waals surface area contributed by atoms with Crippen molar-refractivity contribution < 1.29 is 9.53 Å². The minimum atomic E-state index is -0.0559. The van der Waals surface area contributed by atoms with Crippen molar-refractivity contribution in [3.8, 4) is 5.75 Å². The van der Waals surface area contributed by atoms with Crippen LogP contribution in [0.3, 0.4) is 0 Å². The van der Waals surface area contributed by atoms with Gasteiger partial charge in [-0.3, -0.25) is 9.69 Å². The van der Waals surface area contributed by atoms with E-state index in [1.54, 1.807) is 4.90 Å². The molecule has 1 fully saturated rings. The first kappa shape index (κ1) is 22.1. The molecular formula is C28H32N2O2. The highest BCUT2D eigenvalue weighted by Gasteiger charge is 2.20. The van der Waals surface area contributed by atoms with Gasteiger partial charge in [-0.2, -0.15) is 0 Å². The van der Waals surface area contributed by atoms with Crippen LogP contribution in [0, 0.1) is 0 Å². The molecule has 0 bridgehead atoms. The molecule has 1 saturated carbocycles. The maximum atomic E-state index is 13.3. The topological polar surface area (TPSA) is 32.8 Å². The lowest BCUT2D eigenvalue weighted by molar-refractivity contribution is 0.0999. The van der Waals surface area contributed by atoms with Gasteiger partial charge in [0.1, 0.15) is 12.4 Å². The summed E-state index contributed by atoms with van der Waals surface area (Å²) in [4.78, 5) is 17.5. The van der Waals surface area contributed by atoms with Crippen molar-refractivity contribution in [1.29, 1.82) is 0 Å². The Bertz CT molecular complexity index is 967. The van der Waals surface area contributed by atoms with Crippen LogP contribution in [0.1, 0.15) is 42.5 Å². The van der Waals surface area contributed by atoms with Crippen LogP contribution in [-0.4, -0.2) is 37.0 Å². The molecule has 0 atom stereocenters. The third kappa shape index (κ3) is 5.57. The molecule has 1 amide bonds. The normalized spacial score (nSPS) is 14.3. The molecule has 4 heteroatoms. The van der Waals surface area contributed by atoms with Gasteiger partial charge in [0.15, 0.2) is 0 Å². The van der Waals surface area contributed by atoms with Crippen LogP contribution in [0.15, 0.2) is 84.9 Å². The van der Waals surface area contributed by atoms with Gasteiger partial charge in [-0.1, -0.05) is 55.7 Å². The lowest BCUT2D eigenvalue weighted by atomic mass is 9.94. The summed E-state index contributed by atoms with van der Waals surface area (Å²) in [5.74, 6) is 0.769. The monoisotopic (exact) mass is 428 g/mol. The maximum absolute atomic E-state index is 13.3. The molecule has 3 aromatic carbocycles. The number of rotatable bonds is 8. The maximum Gasteiger partial charge on any atom is 0.262 e. The quantitative estimate of drug-likeness (QED) is 0.422. The van der Waals surface area contributed by atoms with Gasteiger partial charge in [0, 0.05) is 29.5 Å². The number of benzene rings is 3. The second kappa shape index (κ2) is 11.0. The Morgan fingerprint density at radius 1 is 0.812 bits per heavy atom. The van der Waals surface area contributed by atoms with Crippen molar-refractivity contribution in [2.24, 2.45) is 0 Å². The summed E-state index contributed by atoms with van der Waals surface area (Å²) in [7, 11) is 2.20. The van der Waals surface area contributed by atoms with E-state index in [1.165, 1.54) is 32.1 Å². The predicted molar refractivity (Wildman–Crippen MR) is 131 cm³/mol. The first-order chi connectivity index (χ1) is 15.7. The summed E-state index contributed by atoms with van der Waals surface area (Å²) >= 11 is 0. The van der Waals surface area contributed by atoms with Gasteiger partial charge in [-0.05, 0) is 68.4 Å². The van der Waals surface area contributed by atoms with Crippen LogP contribution in [0.2, 0.25) is 0 Å². The molecule has 1 aliphatic rings. The lowest BCUT2D eigenvalue weighted by Crippen LogP contribution is -2.36. The highest BCUT2D eigenvalue weighted by molar-refractivity contribution is 6.10. The van der Waals surface area contributed by atoms with E-state index in [0.717, 1.165) is 23.7 Å². The molecule has 0 heterocycles. The standard InChI is InChI=1S/C28H32N2O2/c1-29(24-13-7-3-8-14-24)21-22-32-27-19-17-26(18-20-27)30(25-15-9-4-10-16-25)28(31)23-11-5-2-6-12-23/h2,4-6,9-12,15-20,24H,3,7-8,13-14,21-22H2,1H3. The van der Waals surface area contributed by atoms with E-state index in [2.05, 4.69) is 11.9 Å². The third-order valence-electron chi connectivity index (χ3n) is 6.24. The number of ether oxygens (including phenoxy) is 1. The molecule has 1 aliphatic carbocycles. The molecule has 166 valence electrons. The smallest absolute Gasteiger partial charge is 0.262 e. The van der Waals surface area contributed by atoms with Crippen LogP contribution in [-0.2, 0) is 0 Å². The molecule has 0 saturated heterocycles. The first-order valence-corrected chi connectivity index (χ1v) is 11.6. The summed E-state index contributed by atoms with van der Waals surface area (Å²) in [6.07, 6.45) is 6.67. The van der Waals surface area contributed by atoms with Gasteiger partial charge in [-0.25, -0.2) is 0 Å². The minimum Gasteiger partial charge on any atom is -0.492 e. The summed E-state index contributed by atoms with van der Waals surface area (Å²) in [5, 5.41) is 0. The highest BCUT2D eigenvalue weighted by atomic mass is 16.5. The van der Waals surface area contributed by atoms with Crippen LogP contribution < -0.4 is 9.64 Å². The third-order valence-corrected chi connectivity index (χ3v) is 6.24. The molecule has 0 N–H and O–H groups in total. The zero-order valence-electron chi connectivity index (χ0n) is 18.8. The van der Waals surface area contributed by atoms with E-state index in [0.29, 0.717) is 18.2 Å². The number of hydrogen-bond donors (Lipinski definition) is 0. The molecule has 4 nitrogen and oxygen atoms in total. The van der Waals surface area contributed by atoms with E-state index < -0.39 is 0 Å². The SMILES string of the molecule is CN(CCOc1ccc(N(C(=O)c2ccccc2)c2ccccc2)cc1)C1CCCCC1. The fourth-order valence-corrected chi connectivity index (χ4v) is 4.37. The predicted octanol–water partition coefficient (Wildman–Crippen LogP) is 6.31. The van der Waals surface area contributed by atoms with E-state index in [4.69, 9.17) is 4.74 Å². The van der Waals surface area contributed by atoms with Crippen LogP contribution >= 0.6 is 0 Å². The Morgan fingerprint density at radius 3 is 2.06 bits per heavy atom. The first-order valence-electron chi connectivity index (χ1n) is 11.6. The van der Waals surface area contributed by atoms with Crippen molar-refractivity contribution in [2.45, 2.75) is 38.1 Å². The molecular weight excluding hydrogens is 396 g/mol. The van der Waals surface area contributed by atoms with Crippen LogP contribution in [0.4, 0.5) is 11.4 Å². The summed E-state index contributed by atoms with van der Waals surface area (Å²) in [6, 6.07) is 27.6. The van der Waals surface area contributed by atoms with E-state index in [9.17, 15) is 4.79 Å². The molecule has 0 radical (unpaired) electrons. The summed E-state index contributed by atoms with van der Waals surface area (Å²) < 4.78 is 6.01. The van der Waals surface area contributed by atoms with Gasteiger partial charge in [0.25, 0.3) is 5.91 Å². The lowest BCUT2D eigenvalue weighted by Gasteiger charge is -2.31. The number of anilines is 2. The number of nitrogens with zero attached hydrogens (tertiary/aromatic N) is 2. The summed E-state index contributed by atoms with van der Waals surface area (Å²) in [6.45, 7) is 1.59. The fourth-order valence-electron chi connectivity index (χ4n) is 4.37. The molecule has 4 rings (SSSR count). The Hall–Kier alpha value is -3.11. The Balaban J connectivity index is 1.43. The molecule has 0 aliphatic heterocycles. The average molecular weight is 429 g/mol. The second-order valence-corrected chi connectivity index (χ2v) is 8.46. The number of amides is 1. The van der Waals surface area contributed by atoms with Crippen LogP contribution in [0.5, 0.6) is 5.75 Å². The zero-order chi connectivity index (χ0) is 22.2. The van der Waals surface area contributed by atoms with Gasteiger partial charge in [0.05, 0.1) is 0 Å². The molecule has 32 heavy (non-hydrogen) atoms. The van der Waals surface area contributed by atoms with E-state index >= 15 is 0 Å². The minimum absolute atomic E-state index is 0.0559. The van der Waals surface area contributed by atoms with Gasteiger partial charge < -0.3 is 9.64 Å². The zero-order valence-corrected chi connectivity index (χ0v) is 18.8. The molecule has 3 aromatic rings. The largest absolute Gasteiger partial charge is 0.492 e. The van der Waals surface area contributed by atoms with Gasteiger partial charge in [0.2, 0.25) is 0 Å². The molecule has 0 aromatic heterocycles. The number of likely N-dealkylation sites (N-methyl/N-ethyl adjacent to an activating group) is 1. The van der Waals surface area contributed by atoms with Gasteiger partial charge in [-0.15, -0.1) is 0 Å². The molecule has 0 spiro atoms. The van der Waals surface area contributed by atoms with E-state index in [1.807, 2.05) is 84.9 Å². The second-order valence-electron chi connectivity index (χ2n) is 8.46. The van der Waals surface area contributed by atoms with Crippen molar-refractivity contribution >= 4 is 17.3 Å². The van der Waals surface area contributed by atoms with Crippen molar-refractivity contribution in [3.05, 3.63) is 90.5 Å². The van der Waals surface area contributed by atoms with Gasteiger partial charge >= 0.3 is 0 Å². The van der Waals surface area contributed by atoms with Crippen LogP contribution in [0.25, 0.3) is 0 Å². The van der Waals surface area contributed by atoms with Crippen molar-refractivity contribution in [2.75, 3.05) is 25.1 Å². The average Bonchev–Trinajstić information content (AvgIpc) is 2.87. The number of carbonyl (C=O) groups excluding carboxylic acids is 1. The fraction of sp³-hybridized carbons (Fsp3) is 0.321. The summed E-state index contributed by atoms with van der Waals surface area (Å²) in [5.41, 5.74) is 2.31. The highest BCUT2D eigenvalue weighted by Crippen LogP contribution is 2.29. The van der Waals surface area contributed by atoms with E-state index in [-0.39, 0.29) is 5.91 Å². The van der Waals surface area contributed by atoms with Crippen molar-refractivity contribution in [3.63, 3.8) is 0 Å². The number of hydrogen-bond acceptors (Lipinski definition) is 3. The van der Waals surface area contributed by atoms with Crippen molar-refractivity contribution in [1.82, 2.24) is 4.90 Å². The number of para-hydroxylation sites is 1.